The minimum atomic E-state index is -0.730. The predicted octanol–water partition coefficient (Wildman–Crippen LogP) is 8.36. The van der Waals surface area contributed by atoms with Gasteiger partial charge in [-0.2, -0.15) is 5.26 Å². The van der Waals surface area contributed by atoms with Crippen LogP contribution >= 0.6 is 0 Å². The molecule has 4 nitrogen and oxygen atoms in total. The van der Waals surface area contributed by atoms with Gasteiger partial charge in [0.05, 0.1) is 5.56 Å². The second kappa shape index (κ2) is 10.7. The van der Waals surface area contributed by atoms with Crippen LogP contribution in [0.2, 0.25) is 0 Å². The van der Waals surface area contributed by atoms with Crippen LogP contribution in [0.5, 0.6) is 0 Å². The van der Waals surface area contributed by atoms with Crippen LogP contribution < -0.4 is 0 Å². The fourth-order valence-corrected chi connectivity index (χ4v) is 4.66. The van der Waals surface area contributed by atoms with E-state index >= 15 is 8.78 Å². The second-order valence-electron chi connectivity index (χ2n) is 9.03. The molecule has 0 aliphatic carbocycles. The quantitative estimate of drug-likeness (QED) is 0.228. The summed E-state index contributed by atoms with van der Waals surface area (Å²) in [4.78, 5) is 14.3. The van der Waals surface area contributed by atoms with E-state index < -0.39 is 11.6 Å². The van der Waals surface area contributed by atoms with Gasteiger partial charge in [0.15, 0.2) is 17.5 Å². The highest BCUT2D eigenvalue weighted by molar-refractivity contribution is 5.94. The van der Waals surface area contributed by atoms with Crippen molar-refractivity contribution in [3.05, 3.63) is 139 Å². The SMILES string of the molecule is N#Cc1cc(-c2ccccc2F)c(-c2nc(-c3ccccc3)nc(-c3ccccc3)n2)c(-c2ccccc2)c1F. The molecule has 0 aliphatic heterocycles. The molecule has 6 rings (SSSR count). The third-order valence-corrected chi connectivity index (χ3v) is 6.53. The lowest BCUT2D eigenvalue weighted by molar-refractivity contribution is 0.625. The summed E-state index contributed by atoms with van der Waals surface area (Å²) in [5.74, 6) is -0.320. The van der Waals surface area contributed by atoms with Crippen LogP contribution in [0.1, 0.15) is 5.56 Å². The van der Waals surface area contributed by atoms with Gasteiger partial charge in [0.25, 0.3) is 0 Å². The molecule has 0 fully saturated rings. The van der Waals surface area contributed by atoms with Gasteiger partial charge in [-0.25, -0.2) is 23.7 Å². The maximum absolute atomic E-state index is 16.2. The molecule has 0 unspecified atom stereocenters. The van der Waals surface area contributed by atoms with Crippen LogP contribution in [0.4, 0.5) is 8.78 Å². The summed E-state index contributed by atoms with van der Waals surface area (Å²) in [5, 5.41) is 9.85. The van der Waals surface area contributed by atoms with Crippen molar-refractivity contribution >= 4 is 0 Å². The standard InChI is InChI=1S/C34H20F2N4/c35-28-19-11-10-18-26(28)27-20-25(21-37)31(36)29(22-12-4-1-5-13-22)30(27)34-39-32(23-14-6-2-7-15-23)38-33(40-34)24-16-8-3-9-17-24/h1-20H. The van der Waals surface area contributed by atoms with Crippen molar-refractivity contribution in [2.45, 2.75) is 0 Å². The Bertz CT molecular complexity index is 1810. The van der Waals surface area contributed by atoms with Crippen molar-refractivity contribution in [2.75, 3.05) is 0 Å². The molecular formula is C34H20F2N4. The van der Waals surface area contributed by atoms with E-state index in [0.29, 0.717) is 22.8 Å². The van der Waals surface area contributed by atoms with E-state index in [-0.39, 0.29) is 28.1 Å². The Morgan fingerprint density at radius 3 is 1.50 bits per heavy atom. The third kappa shape index (κ3) is 4.61. The molecule has 5 aromatic carbocycles. The minimum Gasteiger partial charge on any atom is -0.208 e. The van der Waals surface area contributed by atoms with Crippen LogP contribution in [-0.2, 0) is 0 Å². The molecular weight excluding hydrogens is 502 g/mol. The molecule has 6 heteroatoms. The molecule has 0 spiro atoms. The van der Waals surface area contributed by atoms with E-state index in [0.717, 1.165) is 11.1 Å². The van der Waals surface area contributed by atoms with E-state index in [9.17, 15) is 5.26 Å². The number of nitrogens with zero attached hydrogens (tertiary/aromatic N) is 4. The van der Waals surface area contributed by atoms with Crippen molar-refractivity contribution in [3.63, 3.8) is 0 Å². The number of hydrogen-bond acceptors (Lipinski definition) is 4. The van der Waals surface area contributed by atoms with Gasteiger partial charge in [-0.05, 0) is 23.3 Å². The number of nitriles is 1. The molecule has 0 atom stereocenters. The van der Waals surface area contributed by atoms with E-state index in [2.05, 4.69) is 0 Å². The van der Waals surface area contributed by atoms with Crippen molar-refractivity contribution in [1.29, 1.82) is 5.26 Å². The van der Waals surface area contributed by atoms with Gasteiger partial charge in [0.1, 0.15) is 17.7 Å². The molecule has 0 aliphatic rings. The average molecular weight is 523 g/mol. The molecule has 0 saturated carbocycles. The van der Waals surface area contributed by atoms with Gasteiger partial charge in [0, 0.05) is 27.8 Å². The first kappa shape index (κ1) is 24.8. The van der Waals surface area contributed by atoms with Crippen LogP contribution in [0.25, 0.3) is 56.4 Å². The maximum Gasteiger partial charge on any atom is 0.165 e. The molecule has 6 aromatic rings. The Morgan fingerprint density at radius 1 is 0.500 bits per heavy atom. The Balaban J connectivity index is 1.76. The highest BCUT2D eigenvalue weighted by Gasteiger charge is 2.26. The zero-order valence-corrected chi connectivity index (χ0v) is 21.1. The predicted molar refractivity (Wildman–Crippen MR) is 152 cm³/mol. The van der Waals surface area contributed by atoms with Gasteiger partial charge >= 0.3 is 0 Å². The monoisotopic (exact) mass is 522 g/mol. The molecule has 40 heavy (non-hydrogen) atoms. The number of benzene rings is 5. The summed E-state index contributed by atoms with van der Waals surface area (Å²) >= 11 is 0. The van der Waals surface area contributed by atoms with E-state index in [4.69, 9.17) is 15.0 Å². The summed E-state index contributed by atoms with van der Waals surface area (Å²) in [6.45, 7) is 0. The molecule has 0 N–H and O–H groups in total. The Hall–Kier alpha value is -5.54. The fraction of sp³-hybridized carbons (Fsp3) is 0. The molecule has 0 radical (unpaired) electrons. The Morgan fingerprint density at radius 2 is 0.975 bits per heavy atom. The molecule has 0 amide bonds. The lowest BCUT2D eigenvalue weighted by Crippen LogP contribution is -2.05. The molecule has 0 bridgehead atoms. The second-order valence-corrected chi connectivity index (χ2v) is 9.03. The zero-order valence-electron chi connectivity index (χ0n) is 21.1. The van der Waals surface area contributed by atoms with Gasteiger partial charge in [0.2, 0.25) is 0 Å². The first-order chi connectivity index (χ1) is 19.6. The maximum atomic E-state index is 16.2. The zero-order chi connectivity index (χ0) is 27.5. The van der Waals surface area contributed by atoms with Gasteiger partial charge in [-0.1, -0.05) is 109 Å². The van der Waals surface area contributed by atoms with Crippen LogP contribution in [0, 0.1) is 23.0 Å². The largest absolute Gasteiger partial charge is 0.208 e. The summed E-state index contributed by atoms with van der Waals surface area (Å²) in [7, 11) is 0. The first-order valence-corrected chi connectivity index (χ1v) is 12.6. The molecule has 190 valence electrons. The van der Waals surface area contributed by atoms with Crippen molar-refractivity contribution in [2.24, 2.45) is 0 Å². The van der Waals surface area contributed by atoms with Crippen LogP contribution in [-0.4, -0.2) is 15.0 Å². The van der Waals surface area contributed by atoms with Gasteiger partial charge in [-0.15, -0.1) is 0 Å². The topological polar surface area (TPSA) is 62.5 Å². The smallest absolute Gasteiger partial charge is 0.165 e. The average Bonchev–Trinajstić information content (AvgIpc) is 3.02. The van der Waals surface area contributed by atoms with Crippen molar-refractivity contribution in [3.8, 4) is 62.5 Å². The van der Waals surface area contributed by atoms with Crippen LogP contribution in [0.3, 0.4) is 0 Å². The highest BCUT2D eigenvalue weighted by Crippen LogP contribution is 2.43. The van der Waals surface area contributed by atoms with Crippen molar-refractivity contribution < 1.29 is 8.78 Å². The van der Waals surface area contributed by atoms with Gasteiger partial charge < -0.3 is 0 Å². The summed E-state index contributed by atoms with van der Waals surface area (Å²) in [5.41, 5.74) is 2.67. The van der Waals surface area contributed by atoms with E-state index in [1.807, 2.05) is 72.8 Å². The summed E-state index contributed by atoms with van der Waals surface area (Å²) in [6.07, 6.45) is 0. The normalized spacial score (nSPS) is 10.7. The van der Waals surface area contributed by atoms with Crippen molar-refractivity contribution in [1.82, 2.24) is 15.0 Å². The fourth-order valence-electron chi connectivity index (χ4n) is 4.66. The van der Waals surface area contributed by atoms with Crippen LogP contribution in [0.15, 0.2) is 121 Å². The number of rotatable bonds is 5. The van der Waals surface area contributed by atoms with Gasteiger partial charge in [-0.3, -0.25) is 0 Å². The Kier molecular flexibility index (Phi) is 6.61. The lowest BCUT2D eigenvalue weighted by atomic mass is 9.88. The first-order valence-electron chi connectivity index (χ1n) is 12.6. The lowest BCUT2D eigenvalue weighted by Gasteiger charge is -2.18. The highest BCUT2D eigenvalue weighted by atomic mass is 19.1. The minimum absolute atomic E-state index is 0.113. The molecule has 0 saturated heterocycles. The summed E-state index contributed by atoms with van der Waals surface area (Å²) < 4.78 is 31.5. The van der Waals surface area contributed by atoms with E-state index in [1.54, 1.807) is 42.5 Å². The number of hydrogen-bond donors (Lipinski definition) is 0. The Labute approximate surface area is 229 Å². The van der Waals surface area contributed by atoms with E-state index in [1.165, 1.54) is 12.1 Å². The summed E-state index contributed by atoms with van der Waals surface area (Å²) in [6, 6.07) is 37.2. The number of halogens is 2. The molecule has 1 aromatic heterocycles. The third-order valence-electron chi connectivity index (χ3n) is 6.53. The number of aromatic nitrogens is 3. The molecule has 1 heterocycles.